The van der Waals surface area contributed by atoms with E-state index in [2.05, 4.69) is 62.1 Å². The second kappa shape index (κ2) is 5.10. The van der Waals surface area contributed by atoms with Gasteiger partial charge in [0.05, 0.1) is 0 Å². The van der Waals surface area contributed by atoms with E-state index in [1.807, 2.05) is 12.4 Å². The molecule has 0 unspecified atom stereocenters. The topological polar surface area (TPSA) is 29.9 Å². The molecule has 0 amide bonds. The van der Waals surface area contributed by atoms with Gasteiger partial charge in [0, 0.05) is 48.8 Å². The van der Waals surface area contributed by atoms with Gasteiger partial charge in [-0.2, -0.15) is 0 Å². The lowest BCUT2D eigenvalue weighted by atomic mass is 9.72. The molecule has 1 fully saturated rings. The molecule has 19 heavy (non-hydrogen) atoms. The second-order valence-corrected chi connectivity index (χ2v) is 6.17. The molecule has 1 aliphatic heterocycles. The monoisotopic (exact) mass is 319 g/mol. The van der Waals surface area contributed by atoms with Crippen LogP contribution in [0, 0.1) is 0 Å². The third-order valence-corrected chi connectivity index (χ3v) is 4.81. The lowest BCUT2D eigenvalue weighted by molar-refractivity contribution is 0.255. The molecule has 1 aliphatic rings. The van der Waals surface area contributed by atoms with Gasteiger partial charge in [-0.1, -0.05) is 34.1 Å². The van der Waals surface area contributed by atoms with Crippen molar-refractivity contribution in [3.8, 4) is 0 Å². The highest BCUT2D eigenvalue weighted by Crippen LogP contribution is 2.37. The highest BCUT2D eigenvalue weighted by Gasteiger charge is 2.39. The van der Waals surface area contributed by atoms with Crippen LogP contribution < -0.4 is 5.32 Å². The summed E-state index contributed by atoms with van der Waals surface area (Å²) in [4.78, 5) is 4.42. The number of imidazole rings is 1. The summed E-state index contributed by atoms with van der Waals surface area (Å²) in [5.74, 6) is 1.17. The predicted octanol–water partition coefficient (Wildman–Crippen LogP) is 2.66. The Balaban J connectivity index is 1.81. The van der Waals surface area contributed by atoms with Crippen molar-refractivity contribution in [3.63, 3.8) is 0 Å². The number of hydrogen-bond acceptors (Lipinski definition) is 2. The minimum absolute atomic E-state index is 0.256. The first-order valence-electron chi connectivity index (χ1n) is 6.63. The summed E-state index contributed by atoms with van der Waals surface area (Å²) in [6, 6.07) is 8.58. The van der Waals surface area contributed by atoms with E-state index < -0.39 is 0 Å². The van der Waals surface area contributed by atoms with Gasteiger partial charge in [0.2, 0.25) is 0 Å². The van der Waals surface area contributed by atoms with Crippen LogP contribution in [0.3, 0.4) is 0 Å². The van der Waals surface area contributed by atoms with E-state index >= 15 is 0 Å². The first-order chi connectivity index (χ1) is 9.21. The molecule has 1 N–H and O–H groups in total. The van der Waals surface area contributed by atoms with E-state index in [-0.39, 0.29) is 5.41 Å². The van der Waals surface area contributed by atoms with Crippen molar-refractivity contribution >= 4 is 15.9 Å². The highest BCUT2D eigenvalue weighted by atomic mass is 79.9. The maximum absolute atomic E-state index is 4.42. The van der Waals surface area contributed by atoms with Gasteiger partial charge in [-0.25, -0.2) is 4.98 Å². The van der Waals surface area contributed by atoms with Crippen molar-refractivity contribution in [3.05, 3.63) is 52.5 Å². The fourth-order valence-corrected chi connectivity index (χ4v) is 3.51. The Morgan fingerprint density at radius 2 is 2.16 bits per heavy atom. The van der Waals surface area contributed by atoms with E-state index in [9.17, 15) is 0 Å². The second-order valence-electron chi connectivity index (χ2n) is 5.32. The number of benzene rings is 1. The van der Waals surface area contributed by atoms with Crippen LogP contribution in [0.2, 0.25) is 0 Å². The van der Waals surface area contributed by atoms with Gasteiger partial charge in [0.15, 0.2) is 0 Å². The quantitative estimate of drug-likeness (QED) is 0.939. The third-order valence-electron chi connectivity index (χ3n) is 4.12. The van der Waals surface area contributed by atoms with E-state index in [1.54, 1.807) is 0 Å². The van der Waals surface area contributed by atoms with Crippen molar-refractivity contribution < 1.29 is 0 Å². The molecule has 0 aliphatic carbocycles. The molecule has 3 nitrogen and oxygen atoms in total. The number of nitrogens with one attached hydrogen (secondary N) is 1. The van der Waals surface area contributed by atoms with Crippen LogP contribution in [0.15, 0.2) is 41.1 Å². The minimum Gasteiger partial charge on any atom is -0.338 e. The molecular formula is C15H18BrN3. The van der Waals surface area contributed by atoms with Crippen molar-refractivity contribution in [1.29, 1.82) is 0 Å². The molecule has 3 rings (SSSR count). The zero-order valence-electron chi connectivity index (χ0n) is 11.1. The summed E-state index contributed by atoms with van der Waals surface area (Å²) in [5.41, 5.74) is 1.68. The fraction of sp³-hybridized carbons (Fsp3) is 0.400. The van der Waals surface area contributed by atoms with Gasteiger partial charge in [0.25, 0.3) is 0 Å². The first-order valence-corrected chi connectivity index (χ1v) is 7.42. The number of nitrogens with zero attached hydrogens (tertiary/aromatic N) is 2. The molecule has 0 bridgehead atoms. The Bertz CT molecular complexity index is 572. The van der Waals surface area contributed by atoms with Crippen LogP contribution in [-0.2, 0) is 18.9 Å². The van der Waals surface area contributed by atoms with Gasteiger partial charge >= 0.3 is 0 Å². The number of aromatic nitrogens is 2. The Labute approximate surface area is 122 Å². The highest BCUT2D eigenvalue weighted by molar-refractivity contribution is 9.10. The van der Waals surface area contributed by atoms with E-state index in [4.69, 9.17) is 0 Å². The molecule has 2 heterocycles. The molecule has 4 heteroatoms. The van der Waals surface area contributed by atoms with Gasteiger partial charge in [-0.3, -0.25) is 0 Å². The number of hydrogen-bond donors (Lipinski definition) is 1. The van der Waals surface area contributed by atoms with E-state index in [1.165, 1.54) is 15.9 Å². The molecule has 0 saturated carbocycles. The zero-order chi connectivity index (χ0) is 13.3. The van der Waals surface area contributed by atoms with Crippen LogP contribution in [0.1, 0.15) is 17.8 Å². The fourth-order valence-electron chi connectivity index (χ4n) is 2.81. The molecule has 2 aromatic rings. The lowest BCUT2D eigenvalue weighted by Crippen LogP contribution is -2.57. The van der Waals surface area contributed by atoms with Crippen LogP contribution >= 0.6 is 15.9 Å². The van der Waals surface area contributed by atoms with Crippen molar-refractivity contribution in [2.45, 2.75) is 18.3 Å². The Morgan fingerprint density at radius 1 is 1.37 bits per heavy atom. The van der Waals surface area contributed by atoms with E-state index in [0.29, 0.717) is 0 Å². The number of rotatable bonds is 4. The summed E-state index contributed by atoms with van der Waals surface area (Å²) < 4.78 is 3.33. The molecule has 1 aromatic heterocycles. The van der Waals surface area contributed by atoms with Crippen molar-refractivity contribution in [1.82, 2.24) is 14.9 Å². The van der Waals surface area contributed by atoms with Gasteiger partial charge < -0.3 is 9.88 Å². The Morgan fingerprint density at radius 3 is 2.74 bits per heavy atom. The van der Waals surface area contributed by atoms with Crippen molar-refractivity contribution in [2.24, 2.45) is 7.05 Å². The minimum atomic E-state index is 0.256. The molecule has 0 spiro atoms. The molecule has 1 aromatic carbocycles. The third kappa shape index (κ3) is 2.35. The predicted molar refractivity (Wildman–Crippen MR) is 80.2 cm³/mol. The Hall–Kier alpha value is -1.13. The molecule has 100 valence electrons. The average Bonchev–Trinajstić information content (AvgIpc) is 2.76. The summed E-state index contributed by atoms with van der Waals surface area (Å²) in [6.07, 6.45) is 6.04. The maximum atomic E-state index is 4.42. The van der Waals surface area contributed by atoms with Crippen LogP contribution in [0.5, 0.6) is 0 Å². The van der Waals surface area contributed by atoms with Gasteiger partial charge in [-0.05, 0) is 18.1 Å². The van der Waals surface area contributed by atoms with Crippen molar-refractivity contribution in [2.75, 3.05) is 13.1 Å². The summed E-state index contributed by atoms with van der Waals surface area (Å²) >= 11 is 3.69. The Kier molecular flexibility index (Phi) is 3.46. The van der Waals surface area contributed by atoms with Gasteiger partial charge in [0.1, 0.15) is 5.82 Å². The van der Waals surface area contributed by atoms with Gasteiger partial charge in [-0.15, -0.1) is 0 Å². The number of halogens is 1. The smallest absolute Gasteiger partial charge is 0.108 e. The molecule has 0 radical (unpaired) electrons. The summed E-state index contributed by atoms with van der Waals surface area (Å²) in [6.45, 7) is 2.11. The molecule has 1 saturated heterocycles. The zero-order valence-corrected chi connectivity index (χ0v) is 12.7. The largest absolute Gasteiger partial charge is 0.338 e. The normalized spacial score (nSPS) is 17.2. The average molecular weight is 320 g/mol. The van der Waals surface area contributed by atoms with E-state index in [0.717, 1.165) is 25.9 Å². The number of aryl methyl sites for hydroxylation is 2. The lowest BCUT2D eigenvalue weighted by Gasteiger charge is -2.44. The van der Waals surface area contributed by atoms with Crippen LogP contribution in [0.4, 0.5) is 0 Å². The summed E-state index contributed by atoms with van der Waals surface area (Å²) in [5, 5.41) is 3.42. The molecule has 0 atom stereocenters. The van der Waals surface area contributed by atoms with Crippen LogP contribution in [-0.4, -0.2) is 22.6 Å². The summed E-state index contributed by atoms with van der Waals surface area (Å²) in [7, 11) is 2.06. The standard InChI is InChI=1S/C15H18BrN3/c1-19-9-8-18-14(19)6-7-15(10-17-11-15)12-4-2-3-5-13(12)16/h2-5,8-9,17H,6-7,10-11H2,1H3. The SMILES string of the molecule is Cn1ccnc1CCC1(c2ccccc2Br)CNC1. The maximum Gasteiger partial charge on any atom is 0.108 e. The first kappa shape index (κ1) is 12.9. The van der Waals surface area contributed by atoms with Crippen LogP contribution in [0.25, 0.3) is 0 Å². The molecular weight excluding hydrogens is 302 g/mol.